The molecule has 0 radical (unpaired) electrons. The normalized spacial score (nSPS) is 16.4. The van der Waals surface area contributed by atoms with Crippen molar-refractivity contribution in [2.75, 3.05) is 0 Å². The summed E-state index contributed by atoms with van der Waals surface area (Å²) in [6, 6.07) is 0. The van der Waals surface area contributed by atoms with E-state index >= 15 is 0 Å². The Bertz CT molecular complexity index is 160. The number of allylic oxidation sites excluding steroid dienone is 2. The molecule has 0 atom stereocenters. The summed E-state index contributed by atoms with van der Waals surface area (Å²) in [5.74, 6) is 0. The van der Waals surface area contributed by atoms with E-state index in [4.69, 9.17) is 0 Å². The molecule has 0 aromatic rings. The smallest absolute Gasteiger partial charge is 1.00 e. The van der Waals surface area contributed by atoms with Crippen LogP contribution in [0.2, 0.25) is 0 Å². The van der Waals surface area contributed by atoms with Gasteiger partial charge in [-0.25, -0.2) is 0 Å². The van der Waals surface area contributed by atoms with Gasteiger partial charge in [0.15, 0.2) is 0 Å². The predicted molar refractivity (Wildman–Crippen MR) is 38.6 cm³/mol. The zero-order chi connectivity index (χ0) is 10.7. The Labute approximate surface area is 70.6 Å². The van der Waals surface area contributed by atoms with E-state index in [1.54, 1.807) is 0 Å². The summed E-state index contributed by atoms with van der Waals surface area (Å²) < 4.78 is 59.6. The second-order valence-corrected chi connectivity index (χ2v) is 7.79. The van der Waals surface area contributed by atoms with Crippen molar-refractivity contribution < 1.29 is 18.3 Å². The van der Waals surface area contributed by atoms with Crippen LogP contribution < -0.4 is 0 Å². The topological polar surface area (TPSA) is 0 Å². The fraction of sp³-hybridized carbons (Fsp3) is 0.600. The van der Waals surface area contributed by atoms with Gasteiger partial charge in [0, 0.05) is 0 Å². The average molecular weight is 307 g/mol. The Morgan fingerprint density at radius 3 is 1.08 bits per heavy atom. The van der Waals surface area contributed by atoms with Crippen LogP contribution in [0.3, 0.4) is 0 Å². The van der Waals surface area contributed by atoms with Crippen molar-refractivity contribution in [3.8, 4) is 0 Å². The zero-order valence-electron chi connectivity index (χ0n) is 7.79. The number of hydrogen-bond acceptors (Lipinski definition) is 0. The van der Waals surface area contributed by atoms with E-state index in [2.05, 4.69) is 19.9 Å². The Morgan fingerprint density at radius 2 is 1.08 bits per heavy atom. The molecule has 0 spiro atoms. The van der Waals surface area contributed by atoms with Crippen LogP contribution in [0.1, 0.15) is 22.2 Å². The van der Waals surface area contributed by atoms with E-state index < -0.39 is 19.5 Å². The third-order valence-corrected chi connectivity index (χ3v) is 0.577. The van der Waals surface area contributed by atoms with Gasteiger partial charge in [0.2, 0.25) is 0 Å². The molecule has 7 heteroatoms. The van der Waals surface area contributed by atoms with E-state index in [0.29, 0.717) is 0 Å². The van der Waals surface area contributed by atoms with E-state index in [0.717, 1.165) is 0 Å². The maximum Gasteiger partial charge on any atom is 1.00 e. The molecular weight excluding hydrogens is 296 g/mol. The van der Waals surface area contributed by atoms with Crippen molar-refractivity contribution in [2.45, 2.75) is 20.8 Å². The quantitative estimate of drug-likeness (QED) is 0.357. The first-order valence-corrected chi connectivity index (χ1v) is 8.67. The van der Waals surface area contributed by atoms with Gasteiger partial charge in [-0.15, -0.1) is 0 Å². The minimum absolute atomic E-state index is 0. The largest absolute Gasteiger partial charge is 1.00 e. The van der Waals surface area contributed by atoms with Crippen molar-refractivity contribution in [2.24, 2.45) is 0 Å². The second kappa shape index (κ2) is 3.13. The molecule has 0 fully saturated rings. The number of hydrogen-bond donors (Lipinski definition) is 0. The van der Waals surface area contributed by atoms with Crippen LogP contribution in [0.4, 0.5) is 16.9 Å². The van der Waals surface area contributed by atoms with E-state index in [1.807, 2.05) is 6.92 Å². The van der Waals surface area contributed by atoms with Crippen LogP contribution in [0.15, 0.2) is 11.6 Å². The summed E-state index contributed by atoms with van der Waals surface area (Å²) in [5.41, 5.74) is 1.38. The summed E-state index contributed by atoms with van der Waals surface area (Å²) in [6.07, 6.45) is 2.08. The van der Waals surface area contributed by atoms with Crippen molar-refractivity contribution in [1.82, 2.24) is 0 Å². The van der Waals surface area contributed by atoms with E-state index in [9.17, 15) is 16.9 Å². The molecule has 0 aromatic carbocycles. The molecule has 0 aliphatic rings. The first-order chi connectivity index (χ1) is 4.72. The zero-order valence-corrected chi connectivity index (χ0v) is 9.35. The molecule has 0 saturated carbocycles. The Morgan fingerprint density at radius 1 is 1.00 bits per heavy atom. The summed E-state index contributed by atoms with van der Waals surface area (Å²) in [6.45, 7) is 6.20. The van der Waals surface area contributed by atoms with Crippen LogP contribution >= 0.6 is 0 Å². The fourth-order valence-corrected chi connectivity index (χ4v) is 0. The second-order valence-electron chi connectivity index (χ2n) is 2.32. The molecule has 0 N–H and O–H groups in total. The summed E-state index contributed by atoms with van der Waals surface area (Å²) >= 11 is -11.2. The SMILES string of the molecule is CC=C(C)C.[F][Sb-]([F])([F])([F])([F])[F].[H+]. The van der Waals surface area contributed by atoms with Crippen LogP contribution in [0, 0.1) is 0 Å². The monoisotopic (exact) mass is 306 g/mol. The maximum atomic E-state index is 9.93. The van der Waals surface area contributed by atoms with Gasteiger partial charge in [-0.3, -0.25) is 0 Å². The molecule has 0 rings (SSSR count). The molecule has 0 aromatic heterocycles. The molecule has 0 aliphatic heterocycles. The average Bonchev–Trinajstić information content (AvgIpc) is 1.56. The van der Waals surface area contributed by atoms with Gasteiger partial charge in [-0.05, 0) is 20.8 Å². The standard InChI is InChI=1S/C5H10.6FH.Sb/c1-4-5(2)3;;;;;;;/h4H,1-3H3;6*1H;/q;;;;;;;+5/p-5. The van der Waals surface area contributed by atoms with Gasteiger partial charge in [-0.1, -0.05) is 11.6 Å². The van der Waals surface area contributed by atoms with Gasteiger partial charge in [0.05, 0.1) is 0 Å². The molecule has 0 unspecified atom stereocenters. The maximum absolute atomic E-state index is 11.2. The predicted octanol–water partition coefficient (Wildman–Crippen LogP) is 4.23. The fourth-order valence-electron chi connectivity index (χ4n) is 0. The van der Waals surface area contributed by atoms with Gasteiger partial charge < -0.3 is 0 Å². The molecule has 0 amide bonds. The van der Waals surface area contributed by atoms with Crippen molar-refractivity contribution >= 4 is 19.5 Å². The summed E-state index contributed by atoms with van der Waals surface area (Å²) in [5, 5.41) is 0. The molecule has 78 valence electrons. The van der Waals surface area contributed by atoms with Crippen LogP contribution in [0.5, 0.6) is 0 Å². The van der Waals surface area contributed by atoms with E-state index in [-0.39, 0.29) is 1.43 Å². The first-order valence-electron chi connectivity index (χ1n) is 2.88. The molecule has 0 bridgehead atoms. The molecule has 0 nitrogen and oxygen atoms in total. The van der Waals surface area contributed by atoms with Gasteiger partial charge >= 0.3 is 37.8 Å². The van der Waals surface area contributed by atoms with Gasteiger partial charge in [0.25, 0.3) is 0 Å². The van der Waals surface area contributed by atoms with Crippen molar-refractivity contribution in [3.63, 3.8) is 0 Å². The Hall–Kier alpha value is 0.138. The Balaban J connectivity index is -0.000000150. The molecular formula is C5H11F6Sb. The third kappa shape index (κ3) is 185. The van der Waals surface area contributed by atoms with Crippen molar-refractivity contribution in [3.05, 3.63) is 11.6 Å². The van der Waals surface area contributed by atoms with E-state index in [1.165, 1.54) is 5.57 Å². The third-order valence-electron chi connectivity index (χ3n) is 0.577. The van der Waals surface area contributed by atoms with Crippen LogP contribution in [-0.2, 0) is 0 Å². The molecule has 0 heterocycles. The summed E-state index contributed by atoms with van der Waals surface area (Å²) in [7, 11) is 0. The minimum Gasteiger partial charge on any atom is 1.00 e. The van der Waals surface area contributed by atoms with Crippen LogP contribution in [-0.4, -0.2) is 19.5 Å². The van der Waals surface area contributed by atoms with Crippen molar-refractivity contribution in [1.29, 1.82) is 0 Å². The molecule has 0 aliphatic carbocycles. The first kappa shape index (κ1) is 14.7. The Kier molecular flexibility index (Phi) is 3.82. The minimum atomic E-state index is -11.2. The number of halogens is 6. The van der Waals surface area contributed by atoms with Crippen LogP contribution in [0.25, 0.3) is 0 Å². The summed E-state index contributed by atoms with van der Waals surface area (Å²) in [4.78, 5) is 0. The molecule has 12 heavy (non-hydrogen) atoms. The number of rotatable bonds is 0. The van der Waals surface area contributed by atoms with Gasteiger partial charge in [0.1, 0.15) is 0 Å². The van der Waals surface area contributed by atoms with Gasteiger partial charge in [-0.2, -0.15) is 0 Å². The molecule has 0 saturated heterocycles.